The van der Waals surface area contributed by atoms with Crippen LogP contribution in [0.15, 0.2) is 24.3 Å². The Balaban J connectivity index is 2.19. The normalized spacial score (nSPS) is 21.2. The number of carbonyl (C=O) groups is 1. The van der Waals surface area contributed by atoms with Gasteiger partial charge in [0.1, 0.15) is 0 Å². The average molecular weight is 205 g/mol. The largest absolute Gasteiger partial charge is 0.478 e. The Hall–Kier alpha value is -1.35. The van der Waals surface area contributed by atoms with Gasteiger partial charge in [0.25, 0.3) is 0 Å². The highest BCUT2D eigenvalue weighted by atomic mass is 16.4. The fourth-order valence-corrected chi connectivity index (χ4v) is 2.06. The van der Waals surface area contributed by atoms with Gasteiger partial charge in [-0.15, -0.1) is 0 Å². The van der Waals surface area contributed by atoms with E-state index in [2.05, 4.69) is 5.32 Å². The molecule has 1 fully saturated rings. The molecule has 0 bridgehead atoms. The standard InChI is InChI=1S/C12H15NO2/c14-12(15)10-4-1-3-9(7-10)11-5-2-6-13-8-11/h1,3-4,7,11,13H,2,5-6,8H2,(H,14,15). The Morgan fingerprint density at radius 3 is 3.00 bits per heavy atom. The number of rotatable bonds is 2. The van der Waals surface area contributed by atoms with Gasteiger partial charge in [-0.3, -0.25) is 0 Å². The molecule has 3 heteroatoms. The Morgan fingerprint density at radius 2 is 2.33 bits per heavy atom. The molecule has 2 rings (SSSR count). The quantitative estimate of drug-likeness (QED) is 0.774. The zero-order chi connectivity index (χ0) is 10.7. The third-order valence-corrected chi connectivity index (χ3v) is 2.90. The summed E-state index contributed by atoms with van der Waals surface area (Å²) in [5.74, 6) is -0.376. The van der Waals surface area contributed by atoms with Crippen LogP contribution in [0.1, 0.15) is 34.7 Å². The average Bonchev–Trinajstić information content (AvgIpc) is 2.30. The van der Waals surface area contributed by atoms with Crippen LogP contribution in [-0.4, -0.2) is 24.2 Å². The van der Waals surface area contributed by atoms with E-state index in [4.69, 9.17) is 5.11 Å². The van der Waals surface area contributed by atoms with Crippen LogP contribution in [0.3, 0.4) is 0 Å². The van der Waals surface area contributed by atoms with Crippen molar-refractivity contribution in [3.8, 4) is 0 Å². The Morgan fingerprint density at radius 1 is 1.47 bits per heavy atom. The van der Waals surface area contributed by atoms with Gasteiger partial charge in [0, 0.05) is 6.54 Å². The predicted molar refractivity (Wildman–Crippen MR) is 58.2 cm³/mol. The summed E-state index contributed by atoms with van der Waals surface area (Å²) in [7, 11) is 0. The van der Waals surface area contributed by atoms with Gasteiger partial charge in [-0.05, 0) is 43.0 Å². The van der Waals surface area contributed by atoms with Crippen molar-refractivity contribution in [1.82, 2.24) is 5.32 Å². The van der Waals surface area contributed by atoms with Gasteiger partial charge < -0.3 is 10.4 Å². The molecule has 80 valence electrons. The summed E-state index contributed by atoms with van der Waals surface area (Å²) in [6.45, 7) is 2.04. The summed E-state index contributed by atoms with van der Waals surface area (Å²) in [5, 5.41) is 12.2. The van der Waals surface area contributed by atoms with Gasteiger partial charge in [0.05, 0.1) is 5.56 Å². The summed E-state index contributed by atoms with van der Waals surface area (Å²) < 4.78 is 0. The first kappa shape index (κ1) is 10.2. The molecule has 0 saturated carbocycles. The van der Waals surface area contributed by atoms with Crippen LogP contribution in [0, 0.1) is 0 Å². The minimum atomic E-state index is -0.847. The molecule has 15 heavy (non-hydrogen) atoms. The van der Waals surface area contributed by atoms with Gasteiger partial charge in [0.2, 0.25) is 0 Å². The topological polar surface area (TPSA) is 49.3 Å². The first-order valence-electron chi connectivity index (χ1n) is 5.31. The monoisotopic (exact) mass is 205 g/mol. The zero-order valence-corrected chi connectivity index (χ0v) is 8.57. The lowest BCUT2D eigenvalue weighted by molar-refractivity contribution is 0.0696. The Bertz CT molecular complexity index is 356. The van der Waals surface area contributed by atoms with E-state index in [0.29, 0.717) is 11.5 Å². The van der Waals surface area contributed by atoms with Crippen molar-refractivity contribution in [3.63, 3.8) is 0 Å². The molecular weight excluding hydrogens is 190 g/mol. The van der Waals surface area contributed by atoms with Crippen molar-refractivity contribution in [1.29, 1.82) is 0 Å². The molecule has 1 heterocycles. The number of aromatic carboxylic acids is 1. The summed E-state index contributed by atoms with van der Waals surface area (Å²) in [4.78, 5) is 10.8. The molecule has 3 nitrogen and oxygen atoms in total. The van der Waals surface area contributed by atoms with E-state index < -0.39 is 5.97 Å². The van der Waals surface area contributed by atoms with Crippen molar-refractivity contribution in [2.75, 3.05) is 13.1 Å². The first-order valence-corrected chi connectivity index (χ1v) is 5.31. The number of hydrogen-bond donors (Lipinski definition) is 2. The number of nitrogens with one attached hydrogen (secondary N) is 1. The van der Waals surface area contributed by atoms with E-state index in [1.165, 1.54) is 6.42 Å². The molecule has 0 amide bonds. The molecule has 2 N–H and O–H groups in total. The van der Waals surface area contributed by atoms with Crippen molar-refractivity contribution in [2.45, 2.75) is 18.8 Å². The number of carboxylic acids is 1. The molecule has 1 aliphatic rings. The lowest BCUT2D eigenvalue weighted by Crippen LogP contribution is -2.28. The van der Waals surface area contributed by atoms with Gasteiger partial charge >= 0.3 is 5.97 Å². The van der Waals surface area contributed by atoms with Crippen LogP contribution in [0.25, 0.3) is 0 Å². The maximum atomic E-state index is 10.8. The number of hydrogen-bond acceptors (Lipinski definition) is 2. The lowest BCUT2D eigenvalue weighted by Gasteiger charge is -2.23. The van der Waals surface area contributed by atoms with Crippen molar-refractivity contribution < 1.29 is 9.90 Å². The molecule has 1 saturated heterocycles. The highest BCUT2D eigenvalue weighted by molar-refractivity contribution is 5.87. The van der Waals surface area contributed by atoms with Gasteiger partial charge in [0.15, 0.2) is 0 Å². The van der Waals surface area contributed by atoms with Crippen LogP contribution in [0.5, 0.6) is 0 Å². The van der Waals surface area contributed by atoms with Crippen molar-refractivity contribution in [2.24, 2.45) is 0 Å². The number of carboxylic acid groups (broad SMARTS) is 1. The second-order valence-corrected chi connectivity index (χ2v) is 3.97. The molecule has 1 aromatic rings. The van der Waals surface area contributed by atoms with Crippen molar-refractivity contribution >= 4 is 5.97 Å². The molecular formula is C12H15NO2. The smallest absolute Gasteiger partial charge is 0.335 e. The van der Waals surface area contributed by atoms with Crippen LogP contribution < -0.4 is 5.32 Å². The third kappa shape index (κ3) is 2.36. The summed E-state index contributed by atoms with van der Waals surface area (Å²) in [5.41, 5.74) is 1.53. The van der Waals surface area contributed by atoms with E-state index in [9.17, 15) is 4.79 Å². The maximum Gasteiger partial charge on any atom is 0.335 e. The minimum Gasteiger partial charge on any atom is -0.478 e. The third-order valence-electron chi connectivity index (χ3n) is 2.90. The zero-order valence-electron chi connectivity index (χ0n) is 8.57. The highest BCUT2D eigenvalue weighted by Crippen LogP contribution is 2.23. The molecule has 1 unspecified atom stereocenters. The van der Waals surface area contributed by atoms with E-state index in [0.717, 1.165) is 25.1 Å². The summed E-state index contributed by atoms with van der Waals surface area (Å²) in [6, 6.07) is 7.28. The Kier molecular flexibility index (Phi) is 3.02. The Labute approximate surface area is 89.1 Å². The SMILES string of the molecule is O=C(O)c1cccc(C2CCCNC2)c1. The predicted octanol–water partition coefficient (Wildman–Crippen LogP) is 1.85. The van der Waals surface area contributed by atoms with E-state index in [1.807, 2.05) is 12.1 Å². The van der Waals surface area contributed by atoms with E-state index in [-0.39, 0.29) is 0 Å². The molecule has 0 radical (unpaired) electrons. The fraction of sp³-hybridized carbons (Fsp3) is 0.417. The highest BCUT2D eigenvalue weighted by Gasteiger charge is 2.15. The first-order chi connectivity index (χ1) is 7.27. The van der Waals surface area contributed by atoms with Crippen LogP contribution >= 0.6 is 0 Å². The fourth-order valence-electron chi connectivity index (χ4n) is 2.06. The van der Waals surface area contributed by atoms with E-state index >= 15 is 0 Å². The number of benzene rings is 1. The summed E-state index contributed by atoms with van der Waals surface area (Å²) >= 11 is 0. The molecule has 1 aliphatic heterocycles. The molecule has 0 aliphatic carbocycles. The minimum absolute atomic E-state index is 0.387. The molecule has 1 atom stereocenters. The summed E-state index contributed by atoms with van der Waals surface area (Å²) in [6.07, 6.45) is 2.32. The van der Waals surface area contributed by atoms with Crippen molar-refractivity contribution in [3.05, 3.63) is 35.4 Å². The molecule has 1 aromatic carbocycles. The number of piperidine rings is 1. The lowest BCUT2D eigenvalue weighted by atomic mass is 9.91. The second kappa shape index (κ2) is 4.45. The van der Waals surface area contributed by atoms with Gasteiger partial charge in [-0.2, -0.15) is 0 Å². The van der Waals surface area contributed by atoms with E-state index in [1.54, 1.807) is 12.1 Å². The second-order valence-electron chi connectivity index (χ2n) is 3.97. The van der Waals surface area contributed by atoms with Crippen LogP contribution in [0.4, 0.5) is 0 Å². The van der Waals surface area contributed by atoms with Gasteiger partial charge in [-0.25, -0.2) is 4.79 Å². The molecule has 0 aromatic heterocycles. The maximum absolute atomic E-state index is 10.8. The van der Waals surface area contributed by atoms with Crippen LogP contribution in [0.2, 0.25) is 0 Å². The van der Waals surface area contributed by atoms with Crippen LogP contribution in [-0.2, 0) is 0 Å². The van der Waals surface area contributed by atoms with Gasteiger partial charge in [-0.1, -0.05) is 12.1 Å². The molecule has 0 spiro atoms.